The summed E-state index contributed by atoms with van der Waals surface area (Å²) in [4.78, 5) is 17.9. The molecular weight excluding hydrogens is 296 g/mol. The van der Waals surface area contributed by atoms with Gasteiger partial charge in [-0.1, -0.05) is 49.8 Å². The first-order chi connectivity index (χ1) is 10.6. The van der Waals surface area contributed by atoms with Crippen molar-refractivity contribution in [2.24, 2.45) is 0 Å². The molecule has 1 amide bonds. The Labute approximate surface area is 136 Å². The smallest absolute Gasteiger partial charge is 0.270 e. The number of hydrogen-bond acceptors (Lipinski definition) is 1. The fraction of sp³-hybridized carbons (Fsp3) is 0.500. The van der Waals surface area contributed by atoms with Gasteiger partial charge in [-0.2, -0.15) is 0 Å². The predicted molar refractivity (Wildman–Crippen MR) is 91.5 cm³/mol. The number of rotatable bonds is 2. The molecule has 1 heterocycles. The summed E-state index contributed by atoms with van der Waals surface area (Å²) < 4.78 is 0. The number of amides is 1. The molecule has 1 saturated carbocycles. The molecule has 3 nitrogen and oxygen atoms in total. The van der Waals surface area contributed by atoms with Gasteiger partial charge in [-0.05, 0) is 31.0 Å². The number of aromatic amines is 1. The summed E-state index contributed by atoms with van der Waals surface area (Å²) in [6.07, 6.45) is 8.62. The van der Waals surface area contributed by atoms with Gasteiger partial charge in [0.15, 0.2) is 0 Å². The second-order valence-electron chi connectivity index (χ2n) is 6.33. The van der Waals surface area contributed by atoms with Gasteiger partial charge < -0.3 is 9.88 Å². The molecule has 2 aromatic rings. The van der Waals surface area contributed by atoms with Gasteiger partial charge in [-0.25, -0.2) is 0 Å². The molecule has 1 aliphatic rings. The average molecular weight is 319 g/mol. The number of nitrogens with zero attached hydrogens (tertiary/aromatic N) is 1. The highest BCUT2D eigenvalue weighted by Crippen LogP contribution is 2.24. The third-order valence-corrected chi connectivity index (χ3v) is 4.99. The van der Waals surface area contributed by atoms with Gasteiger partial charge in [0.2, 0.25) is 0 Å². The van der Waals surface area contributed by atoms with Crippen LogP contribution in [0.2, 0.25) is 5.02 Å². The lowest BCUT2D eigenvalue weighted by Crippen LogP contribution is -2.37. The number of carbonyl (C=O) groups excluding carboxylic acids is 1. The van der Waals surface area contributed by atoms with Crippen molar-refractivity contribution in [3.05, 3.63) is 35.0 Å². The summed E-state index contributed by atoms with van der Waals surface area (Å²) in [5.41, 5.74) is 1.57. The molecule has 3 rings (SSSR count). The fourth-order valence-electron chi connectivity index (χ4n) is 3.39. The van der Waals surface area contributed by atoms with E-state index in [1.165, 1.54) is 32.1 Å². The normalized spacial score (nSPS) is 17.2. The Morgan fingerprint density at radius 1 is 1.14 bits per heavy atom. The molecule has 0 unspecified atom stereocenters. The van der Waals surface area contributed by atoms with Crippen LogP contribution in [0, 0.1) is 0 Å². The van der Waals surface area contributed by atoms with Crippen LogP contribution in [0.3, 0.4) is 0 Å². The molecule has 0 radical (unpaired) electrons. The van der Waals surface area contributed by atoms with Crippen molar-refractivity contribution in [2.45, 2.75) is 51.0 Å². The first-order valence-electron chi connectivity index (χ1n) is 8.20. The minimum absolute atomic E-state index is 0.0814. The predicted octanol–water partition coefficient (Wildman–Crippen LogP) is 5.01. The summed E-state index contributed by atoms with van der Waals surface area (Å²) in [7, 11) is 1.94. The van der Waals surface area contributed by atoms with Gasteiger partial charge in [0, 0.05) is 29.0 Å². The summed E-state index contributed by atoms with van der Waals surface area (Å²) in [5, 5.41) is 1.71. The summed E-state index contributed by atoms with van der Waals surface area (Å²) in [5.74, 6) is 0.0814. The number of nitrogens with one attached hydrogen (secondary N) is 1. The van der Waals surface area contributed by atoms with Crippen LogP contribution in [-0.2, 0) is 0 Å². The summed E-state index contributed by atoms with van der Waals surface area (Å²) in [6, 6.07) is 7.95. The van der Waals surface area contributed by atoms with E-state index < -0.39 is 0 Å². The van der Waals surface area contributed by atoms with E-state index in [0.717, 1.165) is 23.7 Å². The lowest BCUT2D eigenvalue weighted by atomic mass is 9.95. The van der Waals surface area contributed by atoms with Gasteiger partial charge in [0.05, 0.1) is 0 Å². The molecule has 0 aliphatic heterocycles. The zero-order valence-corrected chi connectivity index (χ0v) is 13.8. The maximum Gasteiger partial charge on any atom is 0.270 e. The van der Waals surface area contributed by atoms with E-state index in [-0.39, 0.29) is 5.91 Å². The summed E-state index contributed by atoms with van der Waals surface area (Å²) in [6.45, 7) is 0. The Morgan fingerprint density at radius 2 is 1.82 bits per heavy atom. The van der Waals surface area contributed by atoms with Crippen molar-refractivity contribution in [2.75, 3.05) is 7.05 Å². The lowest BCUT2D eigenvalue weighted by Gasteiger charge is -2.29. The minimum Gasteiger partial charge on any atom is -0.350 e. The number of aromatic nitrogens is 1. The topological polar surface area (TPSA) is 36.1 Å². The molecule has 1 fully saturated rings. The second kappa shape index (κ2) is 6.74. The first-order valence-corrected chi connectivity index (χ1v) is 8.58. The third kappa shape index (κ3) is 3.30. The van der Waals surface area contributed by atoms with Crippen LogP contribution < -0.4 is 0 Å². The zero-order valence-electron chi connectivity index (χ0n) is 13.1. The van der Waals surface area contributed by atoms with Crippen molar-refractivity contribution in [3.8, 4) is 0 Å². The minimum atomic E-state index is 0.0814. The number of benzene rings is 1. The SMILES string of the molecule is CN(C(=O)c1cc2ccc(Cl)cc2[nH]1)C1CCCCCCC1. The van der Waals surface area contributed by atoms with Gasteiger partial charge in [0.25, 0.3) is 5.91 Å². The molecule has 0 bridgehead atoms. The van der Waals surface area contributed by atoms with E-state index in [2.05, 4.69) is 4.98 Å². The van der Waals surface area contributed by atoms with Crippen molar-refractivity contribution >= 4 is 28.4 Å². The number of carbonyl (C=O) groups is 1. The third-order valence-electron chi connectivity index (χ3n) is 4.76. The van der Waals surface area contributed by atoms with Crippen molar-refractivity contribution in [3.63, 3.8) is 0 Å². The van der Waals surface area contributed by atoms with Gasteiger partial charge in [-0.3, -0.25) is 4.79 Å². The lowest BCUT2D eigenvalue weighted by molar-refractivity contribution is 0.0702. The van der Waals surface area contributed by atoms with Crippen LogP contribution in [-0.4, -0.2) is 28.9 Å². The molecule has 0 saturated heterocycles. The van der Waals surface area contributed by atoms with Crippen LogP contribution in [0.1, 0.15) is 55.4 Å². The molecule has 1 N–H and O–H groups in total. The Hall–Kier alpha value is -1.48. The Bertz CT molecular complexity index is 656. The van der Waals surface area contributed by atoms with Crippen LogP contribution in [0.5, 0.6) is 0 Å². The number of hydrogen-bond donors (Lipinski definition) is 1. The van der Waals surface area contributed by atoms with Crippen molar-refractivity contribution < 1.29 is 4.79 Å². The van der Waals surface area contributed by atoms with E-state index in [4.69, 9.17) is 11.6 Å². The summed E-state index contributed by atoms with van der Waals surface area (Å²) >= 11 is 6.01. The highest BCUT2D eigenvalue weighted by Gasteiger charge is 2.22. The largest absolute Gasteiger partial charge is 0.350 e. The Balaban J connectivity index is 1.78. The molecular formula is C18H23ClN2O. The standard InChI is InChI=1S/C18H23ClN2O/c1-21(15-7-5-3-2-4-6-8-15)18(22)17-11-13-9-10-14(19)12-16(13)20-17/h9-12,15,20H,2-8H2,1H3. The molecule has 0 atom stereocenters. The van der Waals surface area contributed by atoms with Crippen LogP contribution in [0.25, 0.3) is 10.9 Å². The van der Waals surface area contributed by atoms with Gasteiger partial charge in [0.1, 0.15) is 5.69 Å². The molecule has 118 valence electrons. The van der Waals surface area contributed by atoms with Gasteiger partial charge in [-0.15, -0.1) is 0 Å². The van der Waals surface area contributed by atoms with E-state index >= 15 is 0 Å². The Morgan fingerprint density at radius 3 is 2.55 bits per heavy atom. The van der Waals surface area contributed by atoms with E-state index in [1.807, 2.05) is 36.2 Å². The molecule has 22 heavy (non-hydrogen) atoms. The number of halogens is 1. The highest BCUT2D eigenvalue weighted by molar-refractivity contribution is 6.31. The second-order valence-corrected chi connectivity index (χ2v) is 6.77. The van der Waals surface area contributed by atoms with E-state index in [0.29, 0.717) is 16.8 Å². The van der Waals surface area contributed by atoms with E-state index in [1.54, 1.807) is 0 Å². The monoisotopic (exact) mass is 318 g/mol. The zero-order chi connectivity index (χ0) is 15.5. The molecule has 1 aromatic heterocycles. The molecule has 0 spiro atoms. The van der Waals surface area contributed by atoms with Crippen LogP contribution in [0.15, 0.2) is 24.3 Å². The van der Waals surface area contributed by atoms with Crippen LogP contribution >= 0.6 is 11.6 Å². The maximum absolute atomic E-state index is 12.8. The highest BCUT2D eigenvalue weighted by atomic mass is 35.5. The number of H-pyrrole nitrogens is 1. The van der Waals surface area contributed by atoms with Crippen molar-refractivity contribution in [1.82, 2.24) is 9.88 Å². The molecule has 4 heteroatoms. The van der Waals surface area contributed by atoms with Crippen molar-refractivity contribution in [1.29, 1.82) is 0 Å². The van der Waals surface area contributed by atoms with Crippen LogP contribution in [0.4, 0.5) is 0 Å². The molecule has 1 aliphatic carbocycles. The van der Waals surface area contributed by atoms with E-state index in [9.17, 15) is 4.79 Å². The molecule has 1 aromatic carbocycles. The first kappa shape index (κ1) is 15.4. The average Bonchev–Trinajstić information content (AvgIpc) is 2.88. The maximum atomic E-state index is 12.8. The quantitative estimate of drug-likeness (QED) is 0.830. The number of fused-ring (bicyclic) bond motifs is 1. The fourth-order valence-corrected chi connectivity index (χ4v) is 3.56. The van der Waals surface area contributed by atoms with Gasteiger partial charge >= 0.3 is 0 Å². The Kier molecular flexibility index (Phi) is 4.72.